The quantitative estimate of drug-likeness (QED) is 0.669. The molecule has 4 nitrogen and oxygen atoms in total. The van der Waals surface area contributed by atoms with Crippen molar-refractivity contribution in [2.75, 3.05) is 7.11 Å². The van der Waals surface area contributed by atoms with Gasteiger partial charge in [0.1, 0.15) is 11.7 Å². The molecule has 0 amide bonds. The lowest BCUT2D eigenvalue weighted by molar-refractivity contribution is -0.140. The van der Waals surface area contributed by atoms with Gasteiger partial charge in [0.25, 0.3) is 0 Å². The Hall–Kier alpha value is -0.870. The van der Waals surface area contributed by atoms with E-state index in [2.05, 4.69) is 0 Å². The van der Waals surface area contributed by atoms with E-state index in [0.29, 0.717) is 5.57 Å². The highest BCUT2D eigenvalue weighted by Gasteiger charge is 2.63. The van der Waals surface area contributed by atoms with E-state index in [1.54, 1.807) is 13.2 Å². The molecule has 0 aromatic rings. The van der Waals surface area contributed by atoms with Crippen molar-refractivity contribution >= 4 is 5.97 Å². The highest BCUT2D eigenvalue weighted by atomic mass is 16.6. The van der Waals surface area contributed by atoms with Crippen LogP contribution in [0.25, 0.3) is 0 Å². The van der Waals surface area contributed by atoms with E-state index < -0.39 is 11.2 Å². The summed E-state index contributed by atoms with van der Waals surface area (Å²) in [5, 5.41) is 10.6. The Labute approximate surface area is 94.2 Å². The molecule has 0 bridgehead atoms. The summed E-state index contributed by atoms with van der Waals surface area (Å²) in [7, 11) is 1.63. The lowest BCUT2D eigenvalue weighted by atomic mass is 9.71. The molecule has 16 heavy (non-hydrogen) atoms. The Morgan fingerprint density at radius 2 is 2.31 bits per heavy atom. The molecule has 1 heterocycles. The van der Waals surface area contributed by atoms with Crippen LogP contribution in [0.1, 0.15) is 26.2 Å². The number of hydrogen-bond acceptors (Lipinski definition) is 4. The van der Waals surface area contributed by atoms with Gasteiger partial charge in [-0.25, -0.2) is 4.79 Å². The minimum atomic E-state index is -1.05. The van der Waals surface area contributed by atoms with Crippen molar-refractivity contribution in [3.05, 3.63) is 11.6 Å². The van der Waals surface area contributed by atoms with Crippen LogP contribution in [0.5, 0.6) is 0 Å². The molecule has 4 atom stereocenters. The molecular formula is C12H16O4. The first-order valence-corrected chi connectivity index (χ1v) is 5.71. The summed E-state index contributed by atoms with van der Waals surface area (Å²) in [6.45, 7) is 1.94. The average molecular weight is 224 g/mol. The number of methoxy groups -OCH3 is 1. The summed E-state index contributed by atoms with van der Waals surface area (Å²) in [5.74, 6) is -0.297. The van der Waals surface area contributed by atoms with Crippen LogP contribution in [0.2, 0.25) is 0 Å². The maximum absolute atomic E-state index is 11.7. The van der Waals surface area contributed by atoms with E-state index in [0.717, 1.165) is 19.3 Å². The van der Waals surface area contributed by atoms with Gasteiger partial charge < -0.3 is 14.6 Å². The molecule has 1 saturated carbocycles. The fraction of sp³-hybridized carbons (Fsp3) is 0.750. The van der Waals surface area contributed by atoms with Crippen LogP contribution in [-0.2, 0) is 14.3 Å². The second-order valence-electron chi connectivity index (χ2n) is 5.27. The summed E-state index contributed by atoms with van der Waals surface area (Å²) in [6, 6.07) is 0. The van der Waals surface area contributed by atoms with E-state index in [1.807, 2.05) is 6.92 Å². The lowest BCUT2D eigenvalue weighted by Gasteiger charge is -2.39. The summed E-state index contributed by atoms with van der Waals surface area (Å²) in [5.41, 5.74) is -1.09. The summed E-state index contributed by atoms with van der Waals surface area (Å²) >= 11 is 0. The van der Waals surface area contributed by atoms with Crippen LogP contribution >= 0.6 is 0 Å². The Bertz CT molecular complexity index is 388. The van der Waals surface area contributed by atoms with Crippen LogP contribution in [0.15, 0.2) is 11.6 Å². The highest BCUT2D eigenvalue weighted by molar-refractivity contribution is 5.94. The Morgan fingerprint density at radius 1 is 1.56 bits per heavy atom. The molecule has 0 aromatic carbocycles. The largest absolute Gasteiger partial charge is 0.455 e. The van der Waals surface area contributed by atoms with Gasteiger partial charge in [-0.05, 0) is 38.2 Å². The van der Waals surface area contributed by atoms with Gasteiger partial charge >= 0.3 is 5.97 Å². The zero-order valence-corrected chi connectivity index (χ0v) is 9.53. The van der Waals surface area contributed by atoms with Crippen molar-refractivity contribution in [2.45, 2.75) is 43.5 Å². The second kappa shape index (κ2) is 2.87. The number of carbonyl (C=O) groups excluding carboxylic acids is 1. The maximum atomic E-state index is 11.7. The van der Waals surface area contributed by atoms with Crippen LogP contribution in [-0.4, -0.2) is 35.5 Å². The van der Waals surface area contributed by atoms with E-state index in [-0.39, 0.29) is 18.0 Å². The molecule has 4 heteroatoms. The van der Waals surface area contributed by atoms with Crippen LogP contribution in [0.3, 0.4) is 0 Å². The molecule has 2 unspecified atom stereocenters. The molecule has 0 radical (unpaired) electrons. The third kappa shape index (κ3) is 1.04. The number of aliphatic hydroxyl groups is 1. The van der Waals surface area contributed by atoms with Crippen LogP contribution < -0.4 is 0 Å². The third-order valence-electron chi connectivity index (χ3n) is 4.36. The van der Waals surface area contributed by atoms with Gasteiger partial charge in [-0.3, -0.25) is 0 Å². The van der Waals surface area contributed by atoms with Gasteiger partial charge in [0, 0.05) is 7.11 Å². The molecule has 1 saturated heterocycles. The van der Waals surface area contributed by atoms with Gasteiger partial charge in [-0.1, -0.05) is 0 Å². The predicted molar refractivity (Wildman–Crippen MR) is 55.7 cm³/mol. The highest BCUT2D eigenvalue weighted by Crippen LogP contribution is 2.54. The van der Waals surface area contributed by atoms with Gasteiger partial charge in [-0.15, -0.1) is 0 Å². The number of rotatable bonds is 1. The standard InChI is InChI=1S/C12H16O4/c1-11(15-2)5-7-3-4-9-12(7,14)8(6-11)10(13)16-9/h6-7,9,14H,3-5H2,1-2H3/t7?,9?,11-,12+/m1/s1. The van der Waals surface area contributed by atoms with Crippen molar-refractivity contribution in [1.29, 1.82) is 0 Å². The van der Waals surface area contributed by atoms with Crippen LogP contribution in [0.4, 0.5) is 0 Å². The SMILES string of the molecule is CO[C@@]1(C)C=C2C(=O)OC3CCC(C1)[C@]23O. The van der Waals surface area contributed by atoms with E-state index in [9.17, 15) is 9.90 Å². The average Bonchev–Trinajstić information content (AvgIpc) is 2.68. The Kier molecular flexibility index (Phi) is 1.85. The molecule has 2 aliphatic carbocycles. The van der Waals surface area contributed by atoms with Gasteiger partial charge in [-0.2, -0.15) is 0 Å². The van der Waals surface area contributed by atoms with Crippen molar-refractivity contribution in [3.8, 4) is 0 Å². The number of ether oxygens (including phenoxy) is 2. The van der Waals surface area contributed by atoms with E-state index in [4.69, 9.17) is 9.47 Å². The molecule has 1 N–H and O–H groups in total. The smallest absolute Gasteiger partial charge is 0.337 e. The molecule has 3 aliphatic rings. The van der Waals surface area contributed by atoms with Crippen molar-refractivity contribution < 1.29 is 19.4 Å². The fourth-order valence-electron chi connectivity index (χ4n) is 3.38. The van der Waals surface area contributed by atoms with Crippen LogP contribution in [0, 0.1) is 5.92 Å². The zero-order valence-electron chi connectivity index (χ0n) is 9.53. The van der Waals surface area contributed by atoms with Gasteiger partial charge in [0.15, 0.2) is 0 Å². The second-order valence-corrected chi connectivity index (χ2v) is 5.27. The number of carbonyl (C=O) groups is 1. The lowest BCUT2D eigenvalue weighted by Crippen LogP contribution is -2.48. The summed E-state index contributed by atoms with van der Waals surface area (Å²) in [4.78, 5) is 11.7. The molecular weight excluding hydrogens is 208 g/mol. The number of hydrogen-bond donors (Lipinski definition) is 1. The van der Waals surface area contributed by atoms with Gasteiger partial charge in [0.05, 0.1) is 11.2 Å². The van der Waals surface area contributed by atoms with Crippen molar-refractivity contribution in [3.63, 3.8) is 0 Å². The maximum Gasteiger partial charge on any atom is 0.337 e. The topological polar surface area (TPSA) is 55.8 Å². The monoisotopic (exact) mass is 224 g/mol. The first-order valence-electron chi connectivity index (χ1n) is 5.71. The molecule has 88 valence electrons. The predicted octanol–water partition coefficient (Wildman–Crippen LogP) is 0.788. The molecule has 3 rings (SSSR count). The number of esters is 1. The van der Waals surface area contributed by atoms with E-state index in [1.165, 1.54) is 0 Å². The third-order valence-corrected chi connectivity index (χ3v) is 4.36. The molecule has 0 spiro atoms. The summed E-state index contributed by atoms with van der Waals surface area (Å²) in [6.07, 6.45) is 3.81. The fourth-order valence-corrected chi connectivity index (χ4v) is 3.38. The summed E-state index contributed by atoms with van der Waals surface area (Å²) < 4.78 is 10.7. The van der Waals surface area contributed by atoms with Crippen molar-refractivity contribution in [2.24, 2.45) is 5.92 Å². The zero-order chi connectivity index (χ0) is 11.6. The molecule has 0 aromatic heterocycles. The Balaban J connectivity index is 2.13. The molecule has 1 aliphatic heterocycles. The van der Waals surface area contributed by atoms with Crippen molar-refractivity contribution in [1.82, 2.24) is 0 Å². The minimum absolute atomic E-state index is 0.0777. The first-order chi connectivity index (χ1) is 7.49. The van der Waals surface area contributed by atoms with E-state index >= 15 is 0 Å². The minimum Gasteiger partial charge on any atom is -0.455 e. The molecule has 2 fully saturated rings. The first kappa shape index (κ1) is 10.3. The Morgan fingerprint density at radius 3 is 3.00 bits per heavy atom. The normalized spacial score (nSPS) is 49.9. The van der Waals surface area contributed by atoms with Gasteiger partial charge in [0.2, 0.25) is 0 Å².